The van der Waals surface area contributed by atoms with E-state index < -0.39 is 10.0 Å². The van der Waals surface area contributed by atoms with Crippen molar-refractivity contribution in [2.75, 3.05) is 13.2 Å². The minimum Gasteiger partial charge on any atom is -0.395 e. The van der Waals surface area contributed by atoms with Gasteiger partial charge in [0.2, 0.25) is 10.0 Å². The van der Waals surface area contributed by atoms with Gasteiger partial charge < -0.3 is 5.11 Å². The van der Waals surface area contributed by atoms with Gasteiger partial charge in [0.25, 0.3) is 0 Å². The molecule has 2 atom stereocenters. The third-order valence-electron chi connectivity index (χ3n) is 4.18. The number of hydrogen-bond donors (Lipinski definition) is 1. The Hall–Kier alpha value is -0.910. The monoisotopic (exact) mass is 297 g/mol. The molecule has 20 heavy (non-hydrogen) atoms. The number of piperidine rings is 1. The molecular weight excluding hydrogens is 274 g/mol. The van der Waals surface area contributed by atoms with Crippen molar-refractivity contribution >= 4 is 10.0 Å². The molecule has 1 fully saturated rings. The van der Waals surface area contributed by atoms with Gasteiger partial charge >= 0.3 is 0 Å². The van der Waals surface area contributed by atoms with E-state index in [-0.39, 0.29) is 18.6 Å². The lowest BCUT2D eigenvalue weighted by molar-refractivity contribution is 0.113. The molecule has 2 unspecified atom stereocenters. The zero-order valence-electron chi connectivity index (χ0n) is 12.3. The number of nitrogens with zero attached hydrogens (tertiary/aromatic N) is 1. The molecule has 5 heteroatoms. The Morgan fingerprint density at radius 1 is 1.35 bits per heavy atom. The zero-order valence-corrected chi connectivity index (χ0v) is 13.2. The lowest BCUT2D eigenvalue weighted by Gasteiger charge is -2.38. The van der Waals surface area contributed by atoms with E-state index in [4.69, 9.17) is 0 Å². The molecule has 1 saturated heterocycles. The van der Waals surface area contributed by atoms with Gasteiger partial charge in [0.1, 0.15) is 0 Å². The van der Waals surface area contributed by atoms with Gasteiger partial charge in [-0.1, -0.05) is 19.1 Å². The molecule has 1 aliphatic heterocycles. The SMILES string of the molecule is Cc1ccc(C)c(S(=O)(=O)N2CCCC(C)C2CO)c1. The summed E-state index contributed by atoms with van der Waals surface area (Å²) >= 11 is 0. The molecule has 112 valence electrons. The van der Waals surface area contributed by atoms with E-state index in [1.807, 2.05) is 32.9 Å². The normalized spacial score (nSPS) is 24.8. The first kappa shape index (κ1) is 15.5. The standard InChI is InChI=1S/C15H23NO3S/c1-11-6-7-13(3)15(9-11)20(18,19)16-8-4-5-12(2)14(16)10-17/h6-7,9,12,14,17H,4-5,8,10H2,1-3H3. The summed E-state index contributed by atoms with van der Waals surface area (Å²) in [6, 6.07) is 5.16. The van der Waals surface area contributed by atoms with Crippen LogP contribution in [-0.2, 0) is 10.0 Å². The molecule has 0 bridgehead atoms. The average Bonchev–Trinajstić information content (AvgIpc) is 2.41. The van der Waals surface area contributed by atoms with Crippen LogP contribution in [0.5, 0.6) is 0 Å². The fourth-order valence-electron chi connectivity index (χ4n) is 2.89. The number of aliphatic hydroxyl groups is 1. The van der Waals surface area contributed by atoms with E-state index in [0.29, 0.717) is 11.4 Å². The first-order chi connectivity index (χ1) is 9.37. The van der Waals surface area contributed by atoms with Crippen molar-refractivity contribution in [1.82, 2.24) is 4.31 Å². The number of hydrogen-bond acceptors (Lipinski definition) is 3. The second-order valence-electron chi connectivity index (χ2n) is 5.75. The lowest BCUT2D eigenvalue weighted by atomic mass is 9.93. The third kappa shape index (κ3) is 2.75. The van der Waals surface area contributed by atoms with Crippen LogP contribution < -0.4 is 0 Å². The number of rotatable bonds is 3. The second-order valence-corrected chi connectivity index (χ2v) is 7.61. The Balaban J connectivity index is 2.45. The summed E-state index contributed by atoms with van der Waals surface area (Å²) in [7, 11) is -3.54. The van der Waals surface area contributed by atoms with E-state index in [2.05, 4.69) is 0 Å². The third-order valence-corrected chi connectivity index (χ3v) is 6.25. The van der Waals surface area contributed by atoms with Crippen LogP contribution in [0.3, 0.4) is 0 Å². The summed E-state index contributed by atoms with van der Waals surface area (Å²) in [5.74, 6) is 0.189. The highest BCUT2D eigenvalue weighted by Gasteiger charge is 2.37. The van der Waals surface area contributed by atoms with E-state index >= 15 is 0 Å². The Bertz CT molecular complexity index is 583. The minimum atomic E-state index is -3.54. The molecule has 1 aromatic carbocycles. The molecule has 4 nitrogen and oxygen atoms in total. The van der Waals surface area contributed by atoms with E-state index in [9.17, 15) is 13.5 Å². The highest BCUT2D eigenvalue weighted by Crippen LogP contribution is 2.30. The predicted octanol–water partition coefficient (Wildman–Crippen LogP) is 2.08. The first-order valence-electron chi connectivity index (χ1n) is 7.08. The summed E-state index contributed by atoms with van der Waals surface area (Å²) in [6.07, 6.45) is 1.81. The quantitative estimate of drug-likeness (QED) is 0.929. The molecule has 1 heterocycles. The molecule has 0 aromatic heterocycles. The average molecular weight is 297 g/mol. The molecule has 1 N–H and O–H groups in total. The Morgan fingerprint density at radius 2 is 2.05 bits per heavy atom. The maximum absolute atomic E-state index is 12.9. The van der Waals surface area contributed by atoms with Gasteiger partial charge in [0.05, 0.1) is 17.5 Å². The first-order valence-corrected chi connectivity index (χ1v) is 8.52. The van der Waals surface area contributed by atoms with Crippen molar-refractivity contribution in [3.63, 3.8) is 0 Å². The van der Waals surface area contributed by atoms with Gasteiger partial charge in [0.15, 0.2) is 0 Å². The Morgan fingerprint density at radius 3 is 2.70 bits per heavy atom. The predicted molar refractivity (Wildman–Crippen MR) is 79.1 cm³/mol. The zero-order chi connectivity index (χ0) is 14.9. The van der Waals surface area contributed by atoms with Gasteiger partial charge in [-0.05, 0) is 49.8 Å². The van der Waals surface area contributed by atoms with E-state index in [1.165, 1.54) is 4.31 Å². The van der Waals surface area contributed by atoms with Crippen LogP contribution >= 0.6 is 0 Å². The van der Waals surface area contributed by atoms with Gasteiger partial charge in [0, 0.05) is 6.54 Å². The number of aryl methyl sites for hydroxylation is 2. The number of benzene rings is 1. The fraction of sp³-hybridized carbons (Fsp3) is 0.600. The van der Waals surface area contributed by atoms with Gasteiger partial charge in [-0.25, -0.2) is 8.42 Å². The van der Waals surface area contributed by atoms with Crippen LogP contribution in [0.2, 0.25) is 0 Å². The highest BCUT2D eigenvalue weighted by atomic mass is 32.2. The largest absolute Gasteiger partial charge is 0.395 e. The van der Waals surface area contributed by atoms with Crippen molar-refractivity contribution in [1.29, 1.82) is 0 Å². The summed E-state index contributed by atoms with van der Waals surface area (Å²) in [4.78, 5) is 0.366. The van der Waals surface area contributed by atoms with E-state index in [1.54, 1.807) is 6.07 Å². The summed E-state index contributed by atoms with van der Waals surface area (Å²) in [6.45, 7) is 6.08. The molecular formula is C15H23NO3S. The molecule has 0 amide bonds. The van der Waals surface area contributed by atoms with Crippen molar-refractivity contribution < 1.29 is 13.5 Å². The molecule has 0 radical (unpaired) electrons. The van der Waals surface area contributed by atoms with Crippen molar-refractivity contribution in [3.05, 3.63) is 29.3 Å². The van der Waals surface area contributed by atoms with Crippen molar-refractivity contribution in [3.8, 4) is 0 Å². The fourth-order valence-corrected chi connectivity index (χ4v) is 4.95. The van der Waals surface area contributed by atoms with Crippen molar-refractivity contribution in [2.24, 2.45) is 5.92 Å². The Kier molecular flexibility index (Phi) is 4.52. The van der Waals surface area contributed by atoms with Crippen LogP contribution in [0, 0.1) is 19.8 Å². The molecule has 0 aliphatic carbocycles. The smallest absolute Gasteiger partial charge is 0.243 e. The van der Waals surface area contributed by atoms with Crippen LogP contribution in [-0.4, -0.2) is 37.0 Å². The van der Waals surface area contributed by atoms with Gasteiger partial charge in [-0.2, -0.15) is 4.31 Å². The molecule has 1 aliphatic rings. The topological polar surface area (TPSA) is 57.6 Å². The maximum atomic E-state index is 12.9. The lowest BCUT2D eigenvalue weighted by Crippen LogP contribution is -2.49. The molecule has 0 saturated carbocycles. The van der Waals surface area contributed by atoms with Gasteiger partial charge in [-0.3, -0.25) is 0 Å². The van der Waals surface area contributed by atoms with Crippen LogP contribution in [0.1, 0.15) is 30.9 Å². The highest BCUT2D eigenvalue weighted by molar-refractivity contribution is 7.89. The van der Waals surface area contributed by atoms with E-state index in [0.717, 1.165) is 24.0 Å². The molecule has 2 rings (SSSR count). The summed E-state index contributed by atoms with van der Waals surface area (Å²) < 4.78 is 27.3. The maximum Gasteiger partial charge on any atom is 0.243 e. The van der Waals surface area contributed by atoms with Crippen molar-refractivity contribution in [2.45, 2.75) is 44.6 Å². The summed E-state index contributed by atoms with van der Waals surface area (Å²) in [5.41, 5.74) is 1.69. The van der Waals surface area contributed by atoms with Crippen LogP contribution in [0.25, 0.3) is 0 Å². The Labute approximate surface area is 121 Å². The summed E-state index contributed by atoms with van der Waals surface area (Å²) in [5, 5.41) is 9.56. The van der Waals surface area contributed by atoms with Gasteiger partial charge in [-0.15, -0.1) is 0 Å². The van der Waals surface area contributed by atoms with Crippen LogP contribution in [0.15, 0.2) is 23.1 Å². The number of aliphatic hydroxyl groups excluding tert-OH is 1. The minimum absolute atomic E-state index is 0.120. The second kappa shape index (κ2) is 5.84. The number of sulfonamides is 1. The molecule has 0 spiro atoms. The molecule has 1 aromatic rings. The van der Waals surface area contributed by atoms with Crippen LogP contribution in [0.4, 0.5) is 0 Å².